The third-order valence-corrected chi connectivity index (χ3v) is 0.509. The SMILES string of the molecule is C=CC(=C)C(=O)[O-].[Li+]. The molecule has 0 spiro atoms. The zero-order chi connectivity index (χ0) is 5.86. The van der Waals surface area contributed by atoms with Gasteiger partial charge in [0.05, 0.1) is 5.97 Å². The van der Waals surface area contributed by atoms with Gasteiger partial charge in [0.1, 0.15) is 0 Å². The topological polar surface area (TPSA) is 40.1 Å². The Hall–Kier alpha value is -0.453. The van der Waals surface area contributed by atoms with Crippen LogP contribution < -0.4 is 24.0 Å². The standard InChI is InChI=1S/C5H6O2.Li/c1-3-4(2)5(6)7;/h3H,1-2H2,(H,6,7);/q;+1/p-1. The van der Waals surface area contributed by atoms with Crippen LogP contribution in [0.25, 0.3) is 0 Å². The molecule has 0 heterocycles. The second kappa shape index (κ2) is 4.70. The number of hydrogen-bond acceptors (Lipinski definition) is 2. The van der Waals surface area contributed by atoms with Crippen LogP contribution in [0.5, 0.6) is 0 Å². The van der Waals surface area contributed by atoms with Crippen molar-refractivity contribution >= 4 is 5.97 Å². The number of rotatable bonds is 2. The second-order valence-electron chi connectivity index (χ2n) is 1.02. The van der Waals surface area contributed by atoms with Crippen LogP contribution in [0.3, 0.4) is 0 Å². The molecule has 38 valence electrons. The second-order valence-corrected chi connectivity index (χ2v) is 1.02. The Bertz CT molecular complexity index is 118. The quantitative estimate of drug-likeness (QED) is 0.207. The molecule has 0 N–H and O–H groups in total. The number of aliphatic carboxylic acids is 1. The fourth-order valence-electron chi connectivity index (χ4n) is 0.0833. The van der Waals surface area contributed by atoms with Crippen molar-refractivity contribution in [2.75, 3.05) is 0 Å². The van der Waals surface area contributed by atoms with Crippen molar-refractivity contribution in [3.8, 4) is 0 Å². The van der Waals surface area contributed by atoms with Crippen molar-refractivity contribution in [1.29, 1.82) is 0 Å². The van der Waals surface area contributed by atoms with E-state index in [1.165, 1.54) is 0 Å². The van der Waals surface area contributed by atoms with Gasteiger partial charge in [0.15, 0.2) is 0 Å². The molecule has 0 aromatic rings. The van der Waals surface area contributed by atoms with Crippen LogP contribution in [0.1, 0.15) is 0 Å². The monoisotopic (exact) mass is 104 g/mol. The van der Waals surface area contributed by atoms with E-state index in [1.54, 1.807) is 0 Å². The van der Waals surface area contributed by atoms with E-state index in [0.717, 1.165) is 6.08 Å². The van der Waals surface area contributed by atoms with E-state index in [1.807, 2.05) is 0 Å². The summed E-state index contributed by atoms with van der Waals surface area (Å²) in [6.45, 7) is 6.25. The van der Waals surface area contributed by atoms with Gasteiger partial charge in [-0.25, -0.2) is 0 Å². The molecule has 0 fully saturated rings. The number of carbonyl (C=O) groups is 1. The first-order valence-electron chi connectivity index (χ1n) is 1.71. The van der Waals surface area contributed by atoms with Crippen molar-refractivity contribution in [1.82, 2.24) is 0 Å². The molecule has 0 aromatic heterocycles. The van der Waals surface area contributed by atoms with Crippen LogP contribution >= 0.6 is 0 Å². The van der Waals surface area contributed by atoms with Gasteiger partial charge in [-0.05, 0) is 5.57 Å². The third-order valence-electron chi connectivity index (χ3n) is 0.509. The molecule has 0 aliphatic carbocycles. The molecule has 0 atom stereocenters. The van der Waals surface area contributed by atoms with Crippen molar-refractivity contribution in [3.05, 3.63) is 24.8 Å². The molecule has 0 bridgehead atoms. The van der Waals surface area contributed by atoms with Crippen LogP contribution in [0.4, 0.5) is 0 Å². The van der Waals surface area contributed by atoms with Gasteiger partial charge in [-0.2, -0.15) is 0 Å². The molecule has 0 saturated heterocycles. The van der Waals surface area contributed by atoms with E-state index in [0.29, 0.717) is 0 Å². The minimum absolute atomic E-state index is 0. The molecule has 8 heavy (non-hydrogen) atoms. The summed E-state index contributed by atoms with van der Waals surface area (Å²) in [5.74, 6) is -1.27. The van der Waals surface area contributed by atoms with E-state index in [2.05, 4.69) is 13.2 Å². The first-order chi connectivity index (χ1) is 3.18. The first kappa shape index (κ1) is 10.5. The van der Waals surface area contributed by atoms with Crippen LogP contribution in [0.15, 0.2) is 24.8 Å². The Labute approximate surface area is 60.1 Å². The molecule has 0 rings (SSSR count). The molecular formula is C5H5LiO2. The summed E-state index contributed by atoms with van der Waals surface area (Å²) < 4.78 is 0. The molecule has 0 aliphatic heterocycles. The Balaban J connectivity index is 0. The summed E-state index contributed by atoms with van der Waals surface area (Å²) >= 11 is 0. The largest absolute Gasteiger partial charge is 1.00 e. The molecule has 3 heteroatoms. The number of carboxylic acid groups (broad SMARTS) is 1. The first-order valence-corrected chi connectivity index (χ1v) is 1.71. The Kier molecular flexibility index (Phi) is 6.18. The molecule has 0 aliphatic rings. The average Bonchev–Trinajstić information content (AvgIpc) is 1.65. The van der Waals surface area contributed by atoms with Gasteiger partial charge < -0.3 is 9.90 Å². The van der Waals surface area contributed by atoms with Crippen LogP contribution in [-0.4, -0.2) is 5.97 Å². The molecule has 2 nitrogen and oxygen atoms in total. The summed E-state index contributed by atoms with van der Waals surface area (Å²) in [5, 5.41) is 9.65. The fraction of sp³-hybridized carbons (Fsp3) is 0. The predicted octanol–water partition coefficient (Wildman–Crippen LogP) is -3.52. The summed E-state index contributed by atoms with van der Waals surface area (Å²) in [6.07, 6.45) is 1.13. The predicted molar refractivity (Wildman–Crippen MR) is 24.3 cm³/mol. The maximum atomic E-state index is 9.65. The maximum absolute atomic E-state index is 9.65. The Morgan fingerprint density at radius 2 is 2.00 bits per heavy atom. The van der Waals surface area contributed by atoms with Gasteiger partial charge >= 0.3 is 18.9 Å². The third kappa shape index (κ3) is 3.73. The molecule has 0 saturated carbocycles. The van der Waals surface area contributed by atoms with Crippen molar-refractivity contribution in [2.24, 2.45) is 0 Å². The molecular weight excluding hydrogens is 99.0 g/mol. The summed E-state index contributed by atoms with van der Waals surface area (Å²) in [5.41, 5.74) is -0.0833. The number of hydrogen-bond donors (Lipinski definition) is 0. The Morgan fingerprint density at radius 1 is 1.62 bits per heavy atom. The van der Waals surface area contributed by atoms with Crippen LogP contribution in [0.2, 0.25) is 0 Å². The maximum Gasteiger partial charge on any atom is 1.00 e. The minimum atomic E-state index is -1.27. The summed E-state index contributed by atoms with van der Waals surface area (Å²) in [4.78, 5) is 9.65. The van der Waals surface area contributed by atoms with Gasteiger partial charge in [-0.15, -0.1) is 0 Å². The van der Waals surface area contributed by atoms with Crippen molar-refractivity contribution < 1.29 is 28.8 Å². The van der Waals surface area contributed by atoms with Gasteiger partial charge in [-0.3, -0.25) is 0 Å². The molecule has 0 unspecified atom stereocenters. The van der Waals surface area contributed by atoms with E-state index in [9.17, 15) is 9.90 Å². The zero-order valence-electron chi connectivity index (χ0n) is 4.81. The van der Waals surface area contributed by atoms with E-state index in [-0.39, 0.29) is 24.4 Å². The zero-order valence-corrected chi connectivity index (χ0v) is 4.81. The van der Waals surface area contributed by atoms with E-state index >= 15 is 0 Å². The normalized spacial score (nSPS) is 6.50. The molecule has 0 radical (unpaired) electrons. The van der Waals surface area contributed by atoms with Gasteiger partial charge in [-0.1, -0.05) is 19.2 Å². The summed E-state index contributed by atoms with van der Waals surface area (Å²) in [6, 6.07) is 0. The minimum Gasteiger partial charge on any atom is -0.545 e. The van der Waals surface area contributed by atoms with Gasteiger partial charge in [0, 0.05) is 0 Å². The van der Waals surface area contributed by atoms with Gasteiger partial charge in [0.25, 0.3) is 0 Å². The van der Waals surface area contributed by atoms with Gasteiger partial charge in [0.2, 0.25) is 0 Å². The van der Waals surface area contributed by atoms with Crippen LogP contribution in [0, 0.1) is 0 Å². The summed E-state index contributed by atoms with van der Waals surface area (Å²) in [7, 11) is 0. The smallest absolute Gasteiger partial charge is 0.545 e. The number of carbonyl (C=O) groups excluding carboxylic acids is 1. The van der Waals surface area contributed by atoms with E-state index < -0.39 is 5.97 Å². The number of carboxylic acids is 1. The Morgan fingerprint density at radius 3 is 2.00 bits per heavy atom. The molecule has 0 amide bonds. The van der Waals surface area contributed by atoms with Crippen molar-refractivity contribution in [3.63, 3.8) is 0 Å². The van der Waals surface area contributed by atoms with E-state index in [4.69, 9.17) is 0 Å². The average molecular weight is 104 g/mol. The fourth-order valence-corrected chi connectivity index (χ4v) is 0.0833. The van der Waals surface area contributed by atoms with Crippen molar-refractivity contribution in [2.45, 2.75) is 0 Å². The molecule has 0 aromatic carbocycles. The van der Waals surface area contributed by atoms with Crippen LogP contribution in [-0.2, 0) is 4.79 Å².